The molecule has 0 spiro atoms. The largest absolute Gasteiger partial charge is 0.460 e. The first-order valence-electron chi connectivity index (χ1n) is 10.4. The number of benzene rings is 1. The summed E-state index contributed by atoms with van der Waals surface area (Å²) in [5, 5.41) is 12.2. The van der Waals surface area contributed by atoms with E-state index in [9.17, 15) is 0 Å². The smallest absolute Gasteiger partial charge is 0.152 e. The van der Waals surface area contributed by atoms with Crippen molar-refractivity contribution in [3.05, 3.63) is 76.0 Å². The molecule has 1 aliphatic heterocycles. The van der Waals surface area contributed by atoms with Crippen LogP contribution >= 0.6 is 11.6 Å². The zero-order valence-corrected chi connectivity index (χ0v) is 18.9. The Bertz CT molecular complexity index is 957. The van der Waals surface area contributed by atoms with Gasteiger partial charge in [0.15, 0.2) is 5.76 Å². The number of aryl methyl sites for hydroxylation is 1. The molecule has 3 rings (SSSR count). The van der Waals surface area contributed by atoms with Crippen molar-refractivity contribution < 1.29 is 4.42 Å². The standard InChI is InChI=1S/C23H31ClN6O/c1-16-8-9-18(31-16)22(26)19(20(24)21(25)17-6-4-3-5-7-17)23(27)28-10-11-30-14-12-29(2)13-15-30/h3-9,26,28H,10-15,25,27H2,1-2H3/b21-20+,23-19-,26-22?. The number of hydrogen-bond acceptors (Lipinski definition) is 7. The number of hydrogen-bond donors (Lipinski definition) is 4. The van der Waals surface area contributed by atoms with Crippen LogP contribution < -0.4 is 16.8 Å². The number of furan rings is 1. The second kappa shape index (κ2) is 10.5. The summed E-state index contributed by atoms with van der Waals surface area (Å²) in [4.78, 5) is 4.71. The van der Waals surface area contributed by atoms with E-state index >= 15 is 0 Å². The molecule has 2 aromatic rings. The molecule has 0 unspecified atom stereocenters. The van der Waals surface area contributed by atoms with E-state index in [-0.39, 0.29) is 10.7 Å². The fourth-order valence-corrected chi connectivity index (χ4v) is 3.75. The summed E-state index contributed by atoms with van der Waals surface area (Å²) in [6, 6.07) is 12.9. The minimum Gasteiger partial charge on any atom is -0.460 e. The molecule has 0 aliphatic carbocycles. The monoisotopic (exact) mass is 442 g/mol. The minimum absolute atomic E-state index is 0.0848. The summed E-state index contributed by atoms with van der Waals surface area (Å²) in [6.45, 7) is 7.48. The van der Waals surface area contributed by atoms with Crippen LogP contribution in [0.15, 0.2) is 63.3 Å². The van der Waals surface area contributed by atoms with Crippen molar-refractivity contribution in [1.29, 1.82) is 5.41 Å². The van der Waals surface area contributed by atoms with E-state index in [1.807, 2.05) is 37.3 Å². The summed E-state index contributed by atoms with van der Waals surface area (Å²) in [5.74, 6) is 1.39. The molecular formula is C23H31ClN6O. The van der Waals surface area contributed by atoms with E-state index in [4.69, 9.17) is 32.9 Å². The van der Waals surface area contributed by atoms with Gasteiger partial charge in [-0.05, 0) is 31.7 Å². The van der Waals surface area contributed by atoms with Crippen molar-refractivity contribution in [2.24, 2.45) is 11.5 Å². The van der Waals surface area contributed by atoms with Crippen LogP contribution in [0.3, 0.4) is 0 Å². The van der Waals surface area contributed by atoms with Crippen LogP contribution in [0.25, 0.3) is 5.70 Å². The molecule has 31 heavy (non-hydrogen) atoms. The molecular weight excluding hydrogens is 412 g/mol. The van der Waals surface area contributed by atoms with Crippen molar-refractivity contribution in [3.8, 4) is 0 Å². The molecule has 1 aromatic carbocycles. The lowest BCUT2D eigenvalue weighted by Gasteiger charge is -2.32. The van der Waals surface area contributed by atoms with Gasteiger partial charge in [-0.1, -0.05) is 41.9 Å². The van der Waals surface area contributed by atoms with Crippen molar-refractivity contribution in [2.45, 2.75) is 6.92 Å². The molecule has 0 radical (unpaired) electrons. The molecule has 1 fully saturated rings. The molecule has 1 saturated heterocycles. The summed E-state index contributed by atoms with van der Waals surface area (Å²) in [6.07, 6.45) is 0. The Balaban J connectivity index is 1.84. The number of rotatable bonds is 8. The van der Waals surface area contributed by atoms with Gasteiger partial charge in [0.1, 0.15) is 17.3 Å². The van der Waals surface area contributed by atoms with Gasteiger partial charge in [0.05, 0.1) is 16.3 Å². The number of halogens is 1. The lowest BCUT2D eigenvalue weighted by Crippen LogP contribution is -2.46. The molecule has 0 amide bonds. The molecule has 6 N–H and O–H groups in total. The summed E-state index contributed by atoms with van der Waals surface area (Å²) in [5.41, 5.74) is 14.3. The highest BCUT2D eigenvalue weighted by Gasteiger charge is 2.22. The van der Waals surface area contributed by atoms with E-state index in [0.717, 1.165) is 38.3 Å². The maximum absolute atomic E-state index is 8.71. The number of nitrogens with two attached hydrogens (primary N) is 2. The Labute approximate surface area is 188 Å². The highest BCUT2D eigenvalue weighted by atomic mass is 35.5. The second-order valence-electron chi connectivity index (χ2n) is 7.74. The first-order chi connectivity index (χ1) is 14.9. The van der Waals surface area contributed by atoms with E-state index in [1.165, 1.54) is 0 Å². The Kier molecular flexibility index (Phi) is 7.79. The first kappa shape index (κ1) is 22.9. The molecule has 0 saturated carbocycles. The third-order valence-corrected chi connectivity index (χ3v) is 5.78. The predicted octanol–water partition coefficient (Wildman–Crippen LogP) is 2.53. The highest BCUT2D eigenvalue weighted by Crippen LogP contribution is 2.27. The fourth-order valence-electron chi connectivity index (χ4n) is 3.44. The van der Waals surface area contributed by atoms with Gasteiger partial charge in [-0.15, -0.1) is 0 Å². The average molecular weight is 443 g/mol. The van der Waals surface area contributed by atoms with Crippen molar-refractivity contribution in [1.82, 2.24) is 15.1 Å². The SMILES string of the molecule is Cc1ccc(C(=N)C(=C(/N)NCCN2CCN(C)CC2)/C(Cl)=C(\N)c2ccccc2)o1. The van der Waals surface area contributed by atoms with Gasteiger partial charge in [-0.2, -0.15) is 0 Å². The van der Waals surface area contributed by atoms with Crippen LogP contribution in [0.4, 0.5) is 0 Å². The van der Waals surface area contributed by atoms with Crippen LogP contribution in [0.5, 0.6) is 0 Å². The van der Waals surface area contributed by atoms with Crippen LogP contribution in [0.1, 0.15) is 17.1 Å². The van der Waals surface area contributed by atoms with Gasteiger partial charge in [0.2, 0.25) is 0 Å². The number of likely N-dealkylation sites (N-methyl/N-ethyl adjacent to an activating group) is 1. The van der Waals surface area contributed by atoms with Crippen LogP contribution in [-0.2, 0) is 0 Å². The second-order valence-corrected chi connectivity index (χ2v) is 8.12. The topological polar surface area (TPSA) is 108 Å². The number of allylic oxidation sites excluding steroid dienone is 2. The zero-order chi connectivity index (χ0) is 22.4. The highest BCUT2D eigenvalue weighted by molar-refractivity contribution is 6.39. The number of piperazine rings is 1. The molecule has 166 valence electrons. The quantitative estimate of drug-likeness (QED) is 0.369. The zero-order valence-electron chi connectivity index (χ0n) is 18.1. The van der Waals surface area contributed by atoms with E-state index in [1.54, 1.807) is 12.1 Å². The first-order valence-corrected chi connectivity index (χ1v) is 10.8. The van der Waals surface area contributed by atoms with Gasteiger partial charge in [-0.25, -0.2) is 0 Å². The number of nitrogens with zero attached hydrogens (tertiary/aromatic N) is 2. The summed E-state index contributed by atoms with van der Waals surface area (Å²) in [7, 11) is 2.13. The van der Waals surface area contributed by atoms with Crippen molar-refractivity contribution in [3.63, 3.8) is 0 Å². The molecule has 1 aliphatic rings. The third-order valence-electron chi connectivity index (χ3n) is 5.39. The lowest BCUT2D eigenvalue weighted by atomic mass is 10.0. The molecule has 7 nitrogen and oxygen atoms in total. The minimum atomic E-state index is 0.0848. The normalized spacial score (nSPS) is 17.1. The molecule has 2 heterocycles. The van der Waals surface area contributed by atoms with Crippen LogP contribution in [-0.4, -0.2) is 61.8 Å². The Morgan fingerprint density at radius 1 is 1.10 bits per heavy atom. The van der Waals surface area contributed by atoms with Gasteiger partial charge >= 0.3 is 0 Å². The maximum atomic E-state index is 8.71. The molecule has 1 aromatic heterocycles. The van der Waals surface area contributed by atoms with Crippen molar-refractivity contribution >= 4 is 23.0 Å². The van der Waals surface area contributed by atoms with Gasteiger partial charge in [0.25, 0.3) is 0 Å². The Hall–Kier alpha value is -2.74. The van der Waals surface area contributed by atoms with E-state index in [0.29, 0.717) is 35.2 Å². The van der Waals surface area contributed by atoms with Gasteiger partial charge in [-0.3, -0.25) is 10.3 Å². The third kappa shape index (κ3) is 5.91. The lowest BCUT2D eigenvalue weighted by molar-refractivity contribution is 0.155. The average Bonchev–Trinajstić information content (AvgIpc) is 3.21. The van der Waals surface area contributed by atoms with Gasteiger partial charge in [0, 0.05) is 39.3 Å². The van der Waals surface area contributed by atoms with Crippen LogP contribution in [0.2, 0.25) is 0 Å². The summed E-state index contributed by atoms with van der Waals surface area (Å²) >= 11 is 6.70. The number of nitrogens with one attached hydrogen (secondary N) is 2. The Morgan fingerprint density at radius 2 is 1.77 bits per heavy atom. The van der Waals surface area contributed by atoms with E-state index < -0.39 is 0 Å². The Morgan fingerprint density at radius 3 is 2.39 bits per heavy atom. The fraction of sp³-hybridized carbons (Fsp3) is 0.348. The predicted molar refractivity (Wildman–Crippen MR) is 127 cm³/mol. The van der Waals surface area contributed by atoms with E-state index in [2.05, 4.69) is 22.2 Å². The molecule has 0 atom stereocenters. The molecule has 8 heteroatoms. The maximum Gasteiger partial charge on any atom is 0.152 e. The molecule has 0 bridgehead atoms. The van der Waals surface area contributed by atoms with Crippen molar-refractivity contribution in [2.75, 3.05) is 46.3 Å². The van der Waals surface area contributed by atoms with Gasteiger partial charge < -0.3 is 26.1 Å². The van der Waals surface area contributed by atoms with Crippen LogP contribution in [0, 0.1) is 12.3 Å². The summed E-state index contributed by atoms with van der Waals surface area (Å²) < 4.78 is 5.64.